The van der Waals surface area contributed by atoms with Gasteiger partial charge in [-0.3, -0.25) is 4.79 Å². The van der Waals surface area contributed by atoms with Crippen molar-refractivity contribution in [2.45, 2.75) is 71.3 Å². The number of benzene rings is 1. The number of para-hydroxylation sites is 1. The highest BCUT2D eigenvalue weighted by molar-refractivity contribution is 5.78. The summed E-state index contributed by atoms with van der Waals surface area (Å²) in [6.45, 7) is 4.73. The molecular weight excluding hydrogens is 404 g/mol. The SMILES string of the molecule is C[C@]12CCC(=O)N[C@@H]1CC[C@@H]1[C@@H]2CC[C@]2(C)[C@@H](C(=O)On3nnc4ccccc43)CC[C@@H]12. The van der Waals surface area contributed by atoms with Crippen molar-refractivity contribution in [2.24, 2.45) is 34.5 Å². The van der Waals surface area contributed by atoms with E-state index in [-0.39, 0.29) is 28.6 Å². The number of hydrogen-bond donors (Lipinski definition) is 1. The third kappa shape index (κ3) is 2.78. The molecule has 7 nitrogen and oxygen atoms in total. The first-order valence-electron chi connectivity index (χ1n) is 12.2. The van der Waals surface area contributed by atoms with Gasteiger partial charge in [0.1, 0.15) is 11.0 Å². The topological polar surface area (TPSA) is 86.1 Å². The van der Waals surface area contributed by atoms with Crippen LogP contribution in [-0.4, -0.2) is 33.1 Å². The molecule has 170 valence electrons. The van der Waals surface area contributed by atoms with E-state index in [0.29, 0.717) is 30.2 Å². The lowest BCUT2D eigenvalue weighted by Crippen LogP contribution is -2.61. The maximum atomic E-state index is 13.3. The van der Waals surface area contributed by atoms with E-state index in [4.69, 9.17) is 4.84 Å². The number of rotatable bonds is 2. The molecule has 0 radical (unpaired) electrons. The van der Waals surface area contributed by atoms with Gasteiger partial charge in [0.25, 0.3) is 0 Å². The van der Waals surface area contributed by atoms with E-state index in [2.05, 4.69) is 29.5 Å². The van der Waals surface area contributed by atoms with E-state index in [1.165, 1.54) is 4.85 Å². The van der Waals surface area contributed by atoms with Crippen LogP contribution in [0.2, 0.25) is 0 Å². The van der Waals surface area contributed by atoms with Gasteiger partial charge in [0.15, 0.2) is 0 Å². The highest BCUT2D eigenvalue weighted by atomic mass is 16.7. The van der Waals surface area contributed by atoms with Gasteiger partial charge in [0.05, 0.1) is 5.92 Å². The Kier molecular flexibility index (Phi) is 4.43. The summed E-state index contributed by atoms with van der Waals surface area (Å²) in [5.41, 5.74) is 1.60. The fourth-order valence-corrected chi connectivity index (χ4v) is 8.15. The van der Waals surface area contributed by atoms with Gasteiger partial charge in [0, 0.05) is 12.5 Å². The molecule has 7 heteroatoms. The zero-order valence-electron chi connectivity index (χ0n) is 18.9. The lowest BCUT2D eigenvalue weighted by atomic mass is 9.47. The maximum absolute atomic E-state index is 13.3. The maximum Gasteiger partial charge on any atom is 0.338 e. The zero-order valence-corrected chi connectivity index (χ0v) is 18.9. The number of piperidine rings is 1. The van der Waals surface area contributed by atoms with Crippen LogP contribution in [-0.2, 0) is 9.59 Å². The van der Waals surface area contributed by atoms with Gasteiger partial charge in [-0.25, -0.2) is 4.79 Å². The van der Waals surface area contributed by atoms with Crippen LogP contribution in [0, 0.1) is 34.5 Å². The van der Waals surface area contributed by atoms with Crippen molar-refractivity contribution in [3.8, 4) is 0 Å². The smallest absolute Gasteiger partial charge is 0.338 e. The summed E-state index contributed by atoms with van der Waals surface area (Å²) in [5.74, 6) is 1.75. The Hall–Kier alpha value is -2.44. The quantitative estimate of drug-likeness (QED) is 0.728. The van der Waals surface area contributed by atoms with Crippen LogP contribution in [0.15, 0.2) is 24.3 Å². The predicted molar refractivity (Wildman–Crippen MR) is 118 cm³/mol. The fourth-order valence-electron chi connectivity index (χ4n) is 8.15. The van der Waals surface area contributed by atoms with E-state index in [0.717, 1.165) is 56.0 Å². The van der Waals surface area contributed by atoms with Crippen LogP contribution >= 0.6 is 0 Å². The number of hydrogen-bond acceptors (Lipinski definition) is 5. The molecule has 1 amide bonds. The van der Waals surface area contributed by atoms with Gasteiger partial charge in [-0.05, 0) is 90.9 Å². The standard InChI is InChI=1S/C25H32N4O3/c1-24-13-11-17-15(7-10-21-25(17,2)14-12-22(30)26-21)16(24)8-9-18(24)23(31)32-29-20-6-4-3-5-19(20)27-28-29/h3-6,15-18,21H,7-14H2,1-2H3,(H,26,30)/t15-,16-,17-,18+,21+,24-,25+/m0/s1. The van der Waals surface area contributed by atoms with E-state index in [9.17, 15) is 9.59 Å². The number of fused-ring (bicyclic) bond motifs is 6. The van der Waals surface area contributed by atoms with E-state index < -0.39 is 0 Å². The third-order valence-electron chi connectivity index (χ3n) is 9.88. The Morgan fingerprint density at radius 3 is 2.75 bits per heavy atom. The van der Waals surface area contributed by atoms with Crippen LogP contribution < -0.4 is 10.2 Å². The summed E-state index contributed by atoms with van der Waals surface area (Å²) in [5, 5.41) is 11.5. The molecule has 0 unspecified atom stereocenters. The molecule has 1 N–H and O–H groups in total. The number of carbonyl (C=O) groups is 2. The average Bonchev–Trinajstić information content (AvgIpc) is 3.35. The Bertz CT molecular complexity index is 1080. The summed E-state index contributed by atoms with van der Waals surface area (Å²) in [7, 11) is 0. The number of amides is 1. The van der Waals surface area contributed by atoms with Crippen LogP contribution in [0.3, 0.4) is 0 Å². The van der Waals surface area contributed by atoms with Gasteiger partial charge in [-0.2, -0.15) is 0 Å². The van der Waals surface area contributed by atoms with Gasteiger partial charge < -0.3 is 10.2 Å². The molecule has 1 aromatic carbocycles. The van der Waals surface area contributed by atoms with Crippen molar-refractivity contribution in [3.05, 3.63) is 24.3 Å². The minimum absolute atomic E-state index is 0.0320. The second-order valence-corrected chi connectivity index (χ2v) is 11.1. The minimum atomic E-state index is -0.172. The molecule has 2 aromatic rings. The molecule has 3 aliphatic carbocycles. The molecule has 1 saturated heterocycles. The third-order valence-corrected chi connectivity index (χ3v) is 9.88. The Morgan fingerprint density at radius 1 is 1.06 bits per heavy atom. The van der Waals surface area contributed by atoms with E-state index in [1.807, 2.05) is 24.3 Å². The Balaban J connectivity index is 1.23. The average molecular weight is 437 g/mol. The van der Waals surface area contributed by atoms with Crippen molar-refractivity contribution in [3.63, 3.8) is 0 Å². The molecule has 32 heavy (non-hydrogen) atoms. The summed E-state index contributed by atoms with van der Waals surface area (Å²) < 4.78 is 0. The molecule has 2 heterocycles. The van der Waals surface area contributed by atoms with Crippen LogP contribution in [0.4, 0.5) is 0 Å². The second kappa shape index (κ2) is 7.03. The first kappa shape index (κ1) is 20.2. The van der Waals surface area contributed by atoms with Crippen molar-refractivity contribution in [2.75, 3.05) is 0 Å². The predicted octanol–water partition coefficient (Wildman–Crippen LogP) is 3.52. The monoisotopic (exact) mass is 436 g/mol. The molecular formula is C25H32N4O3. The molecule has 3 saturated carbocycles. The first-order chi connectivity index (χ1) is 15.4. The lowest BCUT2D eigenvalue weighted by Gasteiger charge is -2.60. The highest BCUT2D eigenvalue weighted by Crippen LogP contribution is 2.65. The molecule has 1 aliphatic heterocycles. The summed E-state index contributed by atoms with van der Waals surface area (Å²) in [6, 6.07) is 7.85. The van der Waals surface area contributed by atoms with Crippen LogP contribution in [0.1, 0.15) is 65.2 Å². The number of nitrogens with zero attached hydrogens (tertiary/aromatic N) is 3. The summed E-state index contributed by atoms with van der Waals surface area (Å²) >= 11 is 0. The van der Waals surface area contributed by atoms with E-state index >= 15 is 0 Å². The molecule has 4 aliphatic rings. The molecule has 1 aromatic heterocycles. The molecule has 0 bridgehead atoms. The van der Waals surface area contributed by atoms with Gasteiger partial charge in [-0.1, -0.05) is 30.8 Å². The van der Waals surface area contributed by atoms with Crippen molar-refractivity contribution < 1.29 is 14.4 Å². The van der Waals surface area contributed by atoms with Gasteiger partial charge in [0.2, 0.25) is 5.91 Å². The van der Waals surface area contributed by atoms with Gasteiger partial charge >= 0.3 is 5.97 Å². The molecule has 7 atom stereocenters. The summed E-state index contributed by atoms with van der Waals surface area (Å²) in [6.07, 6.45) is 8.02. The Labute approximate surface area is 188 Å². The van der Waals surface area contributed by atoms with Gasteiger partial charge in [-0.15, -0.1) is 5.10 Å². The largest absolute Gasteiger partial charge is 0.353 e. The molecule has 6 rings (SSSR count). The second-order valence-electron chi connectivity index (χ2n) is 11.1. The molecule has 0 spiro atoms. The number of aromatic nitrogens is 3. The zero-order chi connectivity index (χ0) is 22.1. The fraction of sp³-hybridized carbons (Fsp3) is 0.680. The van der Waals surface area contributed by atoms with Crippen molar-refractivity contribution in [1.29, 1.82) is 0 Å². The lowest BCUT2D eigenvalue weighted by molar-refractivity contribution is -0.160. The first-order valence-corrected chi connectivity index (χ1v) is 12.2. The number of nitrogens with one attached hydrogen (secondary N) is 1. The van der Waals surface area contributed by atoms with Crippen molar-refractivity contribution >= 4 is 22.9 Å². The summed E-state index contributed by atoms with van der Waals surface area (Å²) in [4.78, 5) is 32.4. The normalized spacial score (nSPS) is 40.8. The van der Waals surface area contributed by atoms with E-state index in [1.54, 1.807) is 0 Å². The van der Waals surface area contributed by atoms with Crippen LogP contribution in [0.25, 0.3) is 11.0 Å². The minimum Gasteiger partial charge on any atom is -0.353 e. The molecule has 4 fully saturated rings. The Morgan fingerprint density at radius 2 is 1.88 bits per heavy atom. The highest BCUT2D eigenvalue weighted by Gasteiger charge is 2.61. The van der Waals surface area contributed by atoms with Crippen molar-refractivity contribution in [1.82, 2.24) is 20.5 Å². The van der Waals surface area contributed by atoms with Crippen LogP contribution in [0.5, 0.6) is 0 Å². The number of carbonyl (C=O) groups excluding carboxylic acids is 2.